The Morgan fingerprint density at radius 1 is 1.14 bits per heavy atom. The highest BCUT2D eigenvalue weighted by atomic mass is 16.5. The number of ether oxygens (including phenoxy) is 1. The van der Waals surface area contributed by atoms with Crippen LogP contribution in [0.25, 0.3) is 0 Å². The molecular weight excluding hydrogens is 280 g/mol. The van der Waals surface area contributed by atoms with Gasteiger partial charge in [0.25, 0.3) is 0 Å². The van der Waals surface area contributed by atoms with Crippen molar-refractivity contribution in [3.05, 3.63) is 66.0 Å². The molecule has 0 aliphatic rings. The Balaban J connectivity index is 2.08. The van der Waals surface area contributed by atoms with Gasteiger partial charge in [0.1, 0.15) is 0 Å². The molecule has 0 spiro atoms. The molecular formula is C17H18N2O3. The standard InChI is InChI=1S/C17H18N2O3/c1-22-16(20)11-15(17(21)14-5-3-2-4-6-14)19-12-13-7-9-18-10-8-13/h2-10,15,19H,11-12H2,1H3. The number of carbonyl (C=O) groups is 2. The molecule has 1 unspecified atom stereocenters. The summed E-state index contributed by atoms with van der Waals surface area (Å²) in [6, 6.07) is 12.0. The number of esters is 1. The molecule has 114 valence electrons. The molecule has 0 fully saturated rings. The number of carbonyl (C=O) groups excluding carboxylic acids is 2. The average molecular weight is 298 g/mol. The second-order valence-electron chi connectivity index (χ2n) is 4.80. The molecule has 1 atom stereocenters. The van der Waals surface area contributed by atoms with E-state index in [0.29, 0.717) is 12.1 Å². The molecule has 5 heteroatoms. The maximum atomic E-state index is 12.5. The van der Waals surface area contributed by atoms with E-state index in [0.717, 1.165) is 5.56 Å². The zero-order chi connectivity index (χ0) is 15.8. The van der Waals surface area contributed by atoms with Gasteiger partial charge in [0.05, 0.1) is 19.6 Å². The Labute approximate surface area is 129 Å². The molecule has 2 aromatic rings. The zero-order valence-corrected chi connectivity index (χ0v) is 12.4. The van der Waals surface area contributed by atoms with Gasteiger partial charge in [-0.1, -0.05) is 30.3 Å². The molecule has 2 rings (SSSR count). The van der Waals surface area contributed by atoms with Crippen molar-refractivity contribution in [3.63, 3.8) is 0 Å². The fraction of sp³-hybridized carbons (Fsp3) is 0.235. The van der Waals surface area contributed by atoms with Crippen LogP contribution in [0, 0.1) is 0 Å². The summed E-state index contributed by atoms with van der Waals surface area (Å²) in [4.78, 5) is 28.0. The van der Waals surface area contributed by atoms with Crippen LogP contribution in [0.3, 0.4) is 0 Å². The molecule has 1 N–H and O–H groups in total. The van der Waals surface area contributed by atoms with E-state index in [1.165, 1.54) is 7.11 Å². The fourth-order valence-electron chi connectivity index (χ4n) is 2.05. The van der Waals surface area contributed by atoms with E-state index in [4.69, 9.17) is 0 Å². The number of nitrogens with zero attached hydrogens (tertiary/aromatic N) is 1. The molecule has 1 aromatic carbocycles. The largest absolute Gasteiger partial charge is 0.469 e. The maximum absolute atomic E-state index is 12.5. The van der Waals surface area contributed by atoms with Gasteiger partial charge >= 0.3 is 5.97 Å². The highest BCUT2D eigenvalue weighted by molar-refractivity contribution is 6.01. The minimum Gasteiger partial charge on any atom is -0.469 e. The third kappa shape index (κ3) is 4.49. The summed E-state index contributed by atoms with van der Waals surface area (Å²) in [7, 11) is 1.31. The lowest BCUT2D eigenvalue weighted by molar-refractivity contribution is -0.141. The average Bonchev–Trinajstić information content (AvgIpc) is 2.59. The lowest BCUT2D eigenvalue weighted by atomic mass is 10.0. The molecule has 0 saturated carbocycles. The number of aromatic nitrogens is 1. The van der Waals surface area contributed by atoms with Crippen LogP contribution in [-0.2, 0) is 16.1 Å². The van der Waals surface area contributed by atoms with E-state index in [2.05, 4.69) is 15.0 Å². The highest BCUT2D eigenvalue weighted by Gasteiger charge is 2.23. The number of hydrogen-bond donors (Lipinski definition) is 1. The minimum absolute atomic E-state index is 0.00465. The van der Waals surface area contributed by atoms with Crippen LogP contribution in [0.15, 0.2) is 54.9 Å². The number of rotatable bonds is 7. The normalized spacial score (nSPS) is 11.7. The summed E-state index contributed by atoms with van der Waals surface area (Å²) >= 11 is 0. The van der Waals surface area contributed by atoms with Crippen LogP contribution < -0.4 is 5.32 Å². The van der Waals surface area contributed by atoms with Gasteiger partial charge in [-0.2, -0.15) is 0 Å². The van der Waals surface area contributed by atoms with Gasteiger partial charge < -0.3 is 10.1 Å². The number of ketones is 1. The number of hydrogen-bond acceptors (Lipinski definition) is 5. The molecule has 22 heavy (non-hydrogen) atoms. The van der Waals surface area contributed by atoms with Gasteiger partial charge in [0, 0.05) is 24.5 Å². The molecule has 0 amide bonds. The number of benzene rings is 1. The summed E-state index contributed by atoms with van der Waals surface area (Å²) < 4.78 is 4.68. The van der Waals surface area contributed by atoms with Gasteiger partial charge in [-0.25, -0.2) is 0 Å². The Morgan fingerprint density at radius 3 is 2.45 bits per heavy atom. The third-order valence-electron chi connectivity index (χ3n) is 3.28. The third-order valence-corrected chi connectivity index (χ3v) is 3.28. The Bertz CT molecular complexity index is 614. The molecule has 0 saturated heterocycles. The van der Waals surface area contributed by atoms with Crippen molar-refractivity contribution in [2.75, 3.05) is 7.11 Å². The Kier molecular flexibility index (Phi) is 5.80. The molecule has 0 radical (unpaired) electrons. The number of pyridine rings is 1. The molecule has 0 aliphatic heterocycles. The first-order chi connectivity index (χ1) is 10.7. The van der Waals surface area contributed by atoms with Gasteiger partial charge in [-0.05, 0) is 17.7 Å². The van der Waals surface area contributed by atoms with Crippen molar-refractivity contribution in [1.29, 1.82) is 0 Å². The van der Waals surface area contributed by atoms with Crippen molar-refractivity contribution in [2.24, 2.45) is 0 Å². The van der Waals surface area contributed by atoms with E-state index in [1.807, 2.05) is 18.2 Å². The first kappa shape index (κ1) is 15.9. The fourth-order valence-corrected chi connectivity index (χ4v) is 2.05. The van der Waals surface area contributed by atoms with Crippen molar-refractivity contribution in [3.8, 4) is 0 Å². The molecule has 0 aliphatic carbocycles. The van der Waals surface area contributed by atoms with Crippen LogP contribution in [0.2, 0.25) is 0 Å². The summed E-state index contributed by atoms with van der Waals surface area (Å²) in [6.45, 7) is 0.475. The zero-order valence-electron chi connectivity index (χ0n) is 12.4. The van der Waals surface area contributed by atoms with Crippen LogP contribution in [0.4, 0.5) is 0 Å². The van der Waals surface area contributed by atoms with E-state index < -0.39 is 12.0 Å². The summed E-state index contributed by atoms with van der Waals surface area (Å²) in [6.07, 6.45) is 3.37. The number of methoxy groups -OCH3 is 1. The van der Waals surface area contributed by atoms with Crippen LogP contribution in [-0.4, -0.2) is 29.9 Å². The van der Waals surface area contributed by atoms with Gasteiger partial charge in [0.2, 0.25) is 0 Å². The van der Waals surface area contributed by atoms with Crippen molar-refractivity contribution >= 4 is 11.8 Å². The number of nitrogens with one attached hydrogen (secondary N) is 1. The van der Waals surface area contributed by atoms with Crippen molar-refractivity contribution < 1.29 is 14.3 Å². The Hall–Kier alpha value is -2.53. The summed E-state index contributed by atoms with van der Waals surface area (Å²) in [5.74, 6) is -0.545. The van der Waals surface area contributed by atoms with E-state index in [1.54, 1.807) is 36.7 Å². The van der Waals surface area contributed by atoms with Crippen molar-refractivity contribution in [1.82, 2.24) is 10.3 Å². The first-order valence-corrected chi connectivity index (χ1v) is 6.99. The first-order valence-electron chi connectivity index (χ1n) is 6.99. The van der Waals surface area contributed by atoms with Crippen LogP contribution in [0.1, 0.15) is 22.3 Å². The van der Waals surface area contributed by atoms with E-state index >= 15 is 0 Å². The lowest BCUT2D eigenvalue weighted by Crippen LogP contribution is -2.38. The van der Waals surface area contributed by atoms with Gasteiger partial charge in [-0.15, -0.1) is 0 Å². The molecule has 1 heterocycles. The summed E-state index contributed by atoms with van der Waals surface area (Å²) in [5, 5.41) is 3.12. The van der Waals surface area contributed by atoms with E-state index in [9.17, 15) is 9.59 Å². The number of Topliss-reactive ketones (excluding diaryl/α,β-unsaturated/α-hetero) is 1. The predicted molar refractivity (Wildman–Crippen MR) is 82.3 cm³/mol. The second-order valence-corrected chi connectivity index (χ2v) is 4.80. The van der Waals surface area contributed by atoms with Crippen molar-refractivity contribution in [2.45, 2.75) is 19.0 Å². The van der Waals surface area contributed by atoms with Crippen LogP contribution in [0.5, 0.6) is 0 Å². The second kappa shape index (κ2) is 8.05. The predicted octanol–water partition coefficient (Wildman–Crippen LogP) is 1.99. The van der Waals surface area contributed by atoms with Gasteiger partial charge in [0.15, 0.2) is 5.78 Å². The Morgan fingerprint density at radius 2 is 1.82 bits per heavy atom. The molecule has 0 bridgehead atoms. The van der Waals surface area contributed by atoms with Gasteiger partial charge in [-0.3, -0.25) is 14.6 Å². The highest BCUT2D eigenvalue weighted by Crippen LogP contribution is 2.08. The topological polar surface area (TPSA) is 68.3 Å². The molecule has 1 aromatic heterocycles. The SMILES string of the molecule is COC(=O)CC(NCc1ccncc1)C(=O)c1ccccc1. The minimum atomic E-state index is -0.622. The summed E-state index contributed by atoms with van der Waals surface area (Å²) in [5.41, 5.74) is 1.56. The quantitative estimate of drug-likeness (QED) is 0.625. The van der Waals surface area contributed by atoms with Crippen LogP contribution >= 0.6 is 0 Å². The monoisotopic (exact) mass is 298 g/mol. The molecule has 5 nitrogen and oxygen atoms in total. The maximum Gasteiger partial charge on any atom is 0.307 e. The van der Waals surface area contributed by atoms with E-state index in [-0.39, 0.29) is 12.2 Å². The smallest absolute Gasteiger partial charge is 0.307 e. The lowest BCUT2D eigenvalue weighted by Gasteiger charge is -2.16.